The van der Waals surface area contributed by atoms with Crippen molar-refractivity contribution in [3.8, 4) is 11.3 Å². The number of aromatic nitrogens is 1. The summed E-state index contributed by atoms with van der Waals surface area (Å²) in [5.41, 5.74) is 8.71. The first-order valence-electron chi connectivity index (χ1n) is 13.0. The maximum Gasteiger partial charge on any atom is 0.279 e. The Morgan fingerprint density at radius 1 is 0.769 bits per heavy atom. The van der Waals surface area contributed by atoms with Gasteiger partial charge in [-0.1, -0.05) is 91.0 Å². The minimum Gasteiger partial charge on any atom is -0.302 e. The number of hydrogen-bond donors (Lipinski definition) is 0. The Hall–Kier alpha value is -4.55. The fraction of sp³-hybridized carbons (Fsp3) is 0.121. The first-order valence-corrected chi connectivity index (χ1v) is 13.8. The number of carbonyl (C=O) groups excluding carboxylic acids is 1. The molecule has 1 aliphatic heterocycles. The SMILES string of the molecule is Cc1ccc(-c2csc(=NCc3ccccc3)n2/N=C2/C(=O)N(Cc3ccccc3)c3ccccc32)cc1C. The van der Waals surface area contributed by atoms with Crippen LogP contribution in [-0.4, -0.2) is 16.3 Å². The number of fused-ring (bicyclic) bond motifs is 1. The van der Waals surface area contributed by atoms with E-state index in [0.29, 0.717) is 18.8 Å². The third kappa shape index (κ3) is 4.99. The molecule has 0 atom stereocenters. The summed E-state index contributed by atoms with van der Waals surface area (Å²) in [6, 6.07) is 34.5. The van der Waals surface area contributed by atoms with Gasteiger partial charge in [0, 0.05) is 16.5 Å². The highest BCUT2D eigenvalue weighted by Crippen LogP contribution is 2.31. The Kier molecular flexibility index (Phi) is 6.78. The van der Waals surface area contributed by atoms with Crippen LogP contribution in [-0.2, 0) is 17.9 Å². The molecular formula is C33H28N4OS. The van der Waals surface area contributed by atoms with Gasteiger partial charge in [0.1, 0.15) is 0 Å². The van der Waals surface area contributed by atoms with E-state index in [-0.39, 0.29) is 5.91 Å². The highest BCUT2D eigenvalue weighted by Gasteiger charge is 2.34. The summed E-state index contributed by atoms with van der Waals surface area (Å²) in [6.45, 7) is 5.24. The molecule has 0 N–H and O–H groups in total. The molecule has 39 heavy (non-hydrogen) atoms. The number of aryl methyl sites for hydroxylation is 2. The van der Waals surface area contributed by atoms with Crippen molar-refractivity contribution < 1.29 is 4.79 Å². The zero-order valence-electron chi connectivity index (χ0n) is 21.9. The van der Waals surface area contributed by atoms with E-state index in [9.17, 15) is 4.79 Å². The lowest BCUT2D eigenvalue weighted by Crippen LogP contribution is -2.30. The first-order chi connectivity index (χ1) is 19.1. The summed E-state index contributed by atoms with van der Waals surface area (Å²) in [4.78, 5) is 21.4. The lowest BCUT2D eigenvalue weighted by atomic mass is 10.1. The molecule has 1 amide bonds. The fourth-order valence-electron chi connectivity index (χ4n) is 4.73. The molecular weight excluding hydrogens is 500 g/mol. The van der Waals surface area contributed by atoms with Crippen molar-refractivity contribution in [1.29, 1.82) is 0 Å². The molecule has 0 unspecified atom stereocenters. The normalized spacial score (nSPS) is 14.3. The van der Waals surface area contributed by atoms with Crippen molar-refractivity contribution in [3.63, 3.8) is 0 Å². The second kappa shape index (κ2) is 10.7. The number of carbonyl (C=O) groups is 1. The topological polar surface area (TPSA) is 50.0 Å². The van der Waals surface area contributed by atoms with Gasteiger partial charge in [-0.2, -0.15) is 5.10 Å². The summed E-state index contributed by atoms with van der Waals surface area (Å²) in [5, 5.41) is 7.11. The van der Waals surface area contributed by atoms with E-state index in [1.54, 1.807) is 0 Å². The number of rotatable bonds is 6. The van der Waals surface area contributed by atoms with E-state index >= 15 is 0 Å². The van der Waals surface area contributed by atoms with Crippen molar-refractivity contribution in [1.82, 2.24) is 4.68 Å². The van der Waals surface area contributed by atoms with Crippen molar-refractivity contribution in [3.05, 3.63) is 141 Å². The molecule has 1 aromatic heterocycles. The molecule has 192 valence electrons. The molecule has 0 spiro atoms. The van der Waals surface area contributed by atoms with Crippen LogP contribution in [0.1, 0.15) is 27.8 Å². The van der Waals surface area contributed by atoms with Crippen LogP contribution in [0.2, 0.25) is 0 Å². The van der Waals surface area contributed by atoms with Crippen molar-refractivity contribution in [2.75, 3.05) is 4.90 Å². The van der Waals surface area contributed by atoms with Crippen LogP contribution in [0, 0.1) is 13.8 Å². The zero-order chi connectivity index (χ0) is 26.8. The molecule has 1 aliphatic rings. The second-order valence-electron chi connectivity index (χ2n) is 9.66. The third-order valence-electron chi connectivity index (χ3n) is 7.01. The Balaban J connectivity index is 1.48. The highest BCUT2D eigenvalue weighted by molar-refractivity contribution is 7.07. The third-order valence-corrected chi connectivity index (χ3v) is 7.86. The minimum atomic E-state index is -0.112. The molecule has 6 rings (SSSR count). The molecule has 5 nitrogen and oxygen atoms in total. The molecule has 2 heterocycles. The molecule has 4 aromatic carbocycles. The summed E-state index contributed by atoms with van der Waals surface area (Å²) >= 11 is 1.53. The number of hydrogen-bond acceptors (Lipinski definition) is 4. The van der Waals surface area contributed by atoms with Gasteiger partial charge >= 0.3 is 0 Å². The number of anilines is 1. The molecule has 0 saturated carbocycles. The Morgan fingerprint density at radius 2 is 1.46 bits per heavy atom. The van der Waals surface area contributed by atoms with Gasteiger partial charge in [0.15, 0.2) is 5.71 Å². The number of thiazole rings is 1. The van der Waals surface area contributed by atoms with Crippen LogP contribution in [0.3, 0.4) is 0 Å². The highest BCUT2D eigenvalue weighted by atomic mass is 32.1. The van der Waals surface area contributed by atoms with Crippen LogP contribution in [0.25, 0.3) is 11.3 Å². The van der Waals surface area contributed by atoms with Crippen molar-refractivity contribution in [2.24, 2.45) is 10.1 Å². The van der Waals surface area contributed by atoms with Gasteiger partial charge in [0.2, 0.25) is 4.80 Å². The Labute approximate surface area is 232 Å². The van der Waals surface area contributed by atoms with Gasteiger partial charge < -0.3 is 4.90 Å². The van der Waals surface area contributed by atoms with Gasteiger partial charge in [-0.15, -0.1) is 11.3 Å². The fourth-order valence-corrected chi connectivity index (χ4v) is 5.56. The molecule has 0 fully saturated rings. The molecule has 5 aromatic rings. The van der Waals surface area contributed by atoms with Gasteiger partial charge in [0.05, 0.1) is 24.5 Å². The van der Waals surface area contributed by atoms with E-state index in [1.165, 1.54) is 22.5 Å². The predicted molar refractivity (Wildman–Crippen MR) is 159 cm³/mol. The van der Waals surface area contributed by atoms with Crippen LogP contribution in [0.15, 0.2) is 119 Å². The van der Waals surface area contributed by atoms with E-state index in [0.717, 1.165) is 38.4 Å². The van der Waals surface area contributed by atoms with E-state index in [1.807, 2.05) is 82.4 Å². The number of amides is 1. The Morgan fingerprint density at radius 3 is 2.21 bits per heavy atom. The molecule has 6 heteroatoms. The average Bonchev–Trinajstić information content (AvgIpc) is 3.49. The summed E-state index contributed by atoms with van der Waals surface area (Å²) < 4.78 is 1.84. The lowest BCUT2D eigenvalue weighted by Gasteiger charge is -2.16. The van der Waals surface area contributed by atoms with Gasteiger partial charge in [-0.05, 0) is 48.2 Å². The van der Waals surface area contributed by atoms with Gasteiger partial charge in [-0.3, -0.25) is 9.79 Å². The maximum atomic E-state index is 13.9. The Bertz CT molecular complexity index is 1750. The van der Waals surface area contributed by atoms with E-state index in [4.69, 9.17) is 10.1 Å². The van der Waals surface area contributed by atoms with E-state index in [2.05, 4.69) is 49.6 Å². The predicted octanol–water partition coefficient (Wildman–Crippen LogP) is 6.73. The molecule has 0 bridgehead atoms. The van der Waals surface area contributed by atoms with Crippen LogP contribution in [0.5, 0.6) is 0 Å². The first kappa shape index (κ1) is 24.8. The number of para-hydroxylation sites is 1. The average molecular weight is 529 g/mol. The monoisotopic (exact) mass is 528 g/mol. The number of nitrogens with zero attached hydrogens (tertiary/aromatic N) is 4. The van der Waals surface area contributed by atoms with Gasteiger partial charge in [0.25, 0.3) is 5.91 Å². The van der Waals surface area contributed by atoms with Crippen molar-refractivity contribution in [2.45, 2.75) is 26.9 Å². The smallest absolute Gasteiger partial charge is 0.279 e. The van der Waals surface area contributed by atoms with Crippen LogP contribution < -0.4 is 9.70 Å². The summed E-state index contributed by atoms with van der Waals surface area (Å²) in [7, 11) is 0. The zero-order valence-corrected chi connectivity index (χ0v) is 22.7. The van der Waals surface area contributed by atoms with Crippen LogP contribution in [0.4, 0.5) is 5.69 Å². The second-order valence-corrected chi connectivity index (χ2v) is 10.5. The van der Waals surface area contributed by atoms with Crippen molar-refractivity contribution >= 4 is 28.6 Å². The molecule has 0 radical (unpaired) electrons. The molecule has 0 saturated heterocycles. The largest absolute Gasteiger partial charge is 0.302 e. The van der Waals surface area contributed by atoms with E-state index < -0.39 is 0 Å². The standard InChI is InChI=1S/C33H28N4OS/c1-23-17-18-27(19-24(23)2)30-22-39-33(34-20-25-11-5-3-6-12-25)37(30)35-31-28-15-9-10-16-29(28)36(32(31)38)21-26-13-7-4-8-14-26/h3-19,22H,20-21H2,1-2H3/b34-33?,35-31+. The minimum absolute atomic E-state index is 0.112. The maximum absolute atomic E-state index is 13.9. The summed E-state index contributed by atoms with van der Waals surface area (Å²) in [6.07, 6.45) is 0. The summed E-state index contributed by atoms with van der Waals surface area (Å²) in [5.74, 6) is -0.112. The quantitative estimate of drug-likeness (QED) is 0.241. The lowest BCUT2D eigenvalue weighted by molar-refractivity contribution is -0.112. The number of benzene rings is 4. The molecule has 0 aliphatic carbocycles. The van der Waals surface area contributed by atoms with Gasteiger partial charge in [-0.25, -0.2) is 4.68 Å². The van der Waals surface area contributed by atoms with Crippen LogP contribution >= 0.6 is 11.3 Å².